The first kappa shape index (κ1) is 12.3. The van der Waals surface area contributed by atoms with E-state index in [1.54, 1.807) is 11.3 Å². The van der Waals surface area contributed by atoms with Gasteiger partial charge in [-0.3, -0.25) is 0 Å². The van der Waals surface area contributed by atoms with Crippen molar-refractivity contribution in [2.45, 2.75) is 19.4 Å². The molecule has 1 N–H and O–H groups in total. The van der Waals surface area contributed by atoms with Gasteiger partial charge in [-0.05, 0) is 29.3 Å². The topological polar surface area (TPSA) is 33.1 Å². The Labute approximate surface area is 116 Å². The van der Waals surface area contributed by atoms with Crippen molar-refractivity contribution in [1.82, 2.24) is 4.98 Å². The highest BCUT2D eigenvalue weighted by Gasteiger charge is 2.11. The summed E-state index contributed by atoms with van der Waals surface area (Å²) in [5.41, 5.74) is 1.91. The van der Waals surface area contributed by atoms with E-state index in [0.29, 0.717) is 6.42 Å². The van der Waals surface area contributed by atoms with Gasteiger partial charge in [-0.2, -0.15) is 0 Å². The Hall–Kier alpha value is -1.71. The molecule has 2 aromatic carbocycles. The van der Waals surface area contributed by atoms with E-state index in [1.807, 2.05) is 30.5 Å². The van der Waals surface area contributed by atoms with Crippen LogP contribution in [0, 0.1) is 6.92 Å². The summed E-state index contributed by atoms with van der Waals surface area (Å²) in [5, 5.41) is 15.7. The molecule has 1 unspecified atom stereocenters. The number of hydrogen-bond donors (Lipinski definition) is 1. The van der Waals surface area contributed by atoms with Crippen LogP contribution in [0.3, 0.4) is 0 Å². The normalized spacial score (nSPS) is 12.7. The van der Waals surface area contributed by atoms with Crippen molar-refractivity contribution in [2.24, 2.45) is 0 Å². The lowest BCUT2D eigenvalue weighted by Gasteiger charge is -2.10. The molecule has 0 amide bonds. The van der Waals surface area contributed by atoms with Crippen LogP contribution in [0.2, 0.25) is 0 Å². The van der Waals surface area contributed by atoms with E-state index in [0.717, 1.165) is 21.7 Å². The van der Waals surface area contributed by atoms with Gasteiger partial charge >= 0.3 is 0 Å². The second-order valence-corrected chi connectivity index (χ2v) is 5.75. The highest BCUT2D eigenvalue weighted by Crippen LogP contribution is 2.23. The van der Waals surface area contributed by atoms with Crippen molar-refractivity contribution < 1.29 is 5.11 Å². The van der Waals surface area contributed by atoms with Crippen molar-refractivity contribution >= 4 is 22.1 Å². The fourth-order valence-corrected chi connectivity index (χ4v) is 2.86. The number of hydrogen-bond acceptors (Lipinski definition) is 3. The van der Waals surface area contributed by atoms with Gasteiger partial charge in [-0.15, -0.1) is 11.3 Å². The lowest BCUT2D eigenvalue weighted by atomic mass is 10.0. The number of aliphatic hydroxyl groups excluding tert-OH is 1. The van der Waals surface area contributed by atoms with Crippen LogP contribution in [0.15, 0.2) is 47.8 Å². The Balaban J connectivity index is 1.86. The maximum Gasteiger partial charge on any atom is 0.0897 e. The van der Waals surface area contributed by atoms with Crippen molar-refractivity contribution in [3.63, 3.8) is 0 Å². The summed E-state index contributed by atoms with van der Waals surface area (Å²) in [4.78, 5) is 4.40. The van der Waals surface area contributed by atoms with Crippen LogP contribution in [-0.4, -0.2) is 10.1 Å². The number of aromatic nitrogens is 1. The Morgan fingerprint density at radius 3 is 2.68 bits per heavy atom. The molecule has 3 rings (SSSR count). The van der Waals surface area contributed by atoms with Crippen molar-refractivity contribution in [2.75, 3.05) is 0 Å². The van der Waals surface area contributed by atoms with Crippen LogP contribution < -0.4 is 0 Å². The van der Waals surface area contributed by atoms with E-state index in [4.69, 9.17) is 0 Å². The molecule has 0 saturated carbocycles. The minimum Gasteiger partial charge on any atom is -0.388 e. The van der Waals surface area contributed by atoms with Gasteiger partial charge in [0.15, 0.2) is 0 Å². The van der Waals surface area contributed by atoms with Gasteiger partial charge in [0.05, 0.1) is 16.8 Å². The summed E-state index contributed by atoms with van der Waals surface area (Å²) >= 11 is 1.62. The number of thiazole rings is 1. The van der Waals surface area contributed by atoms with Crippen LogP contribution >= 0.6 is 11.3 Å². The minimum atomic E-state index is -0.494. The molecule has 0 radical (unpaired) electrons. The van der Waals surface area contributed by atoms with Gasteiger partial charge < -0.3 is 5.11 Å². The van der Waals surface area contributed by atoms with Crippen LogP contribution in [0.5, 0.6) is 0 Å². The average Bonchev–Trinajstić information content (AvgIpc) is 2.83. The van der Waals surface area contributed by atoms with E-state index in [2.05, 4.69) is 29.2 Å². The number of aryl methyl sites for hydroxylation is 1. The number of fused-ring (bicyclic) bond motifs is 1. The van der Waals surface area contributed by atoms with Gasteiger partial charge in [-0.1, -0.05) is 36.4 Å². The molecule has 0 aliphatic rings. The molecule has 3 aromatic rings. The van der Waals surface area contributed by atoms with Crippen LogP contribution in [0.1, 0.15) is 22.4 Å². The van der Waals surface area contributed by atoms with E-state index in [-0.39, 0.29) is 0 Å². The second kappa shape index (κ2) is 5.11. The summed E-state index contributed by atoms with van der Waals surface area (Å²) < 4.78 is 0. The number of nitrogens with zero attached hydrogens (tertiary/aromatic N) is 1. The molecule has 2 nitrogen and oxygen atoms in total. The van der Waals surface area contributed by atoms with Crippen LogP contribution in [0.25, 0.3) is 10.8 Å². The van der Waals surface area contributed by atoms with Crippen molar-refractivity contribution in [3.05, 3.63) is 64.1 Å². The van der Waals surface area contributed by atoms with Gasteiger partial charge in [-0.25, -0.2) is 4.98 Å². The third kappa shape index (κ3) is 2.67. The lowest BCUT2D eigenvalue weighted by molar-refractivity contribution is 0.177. The SMILES string of the molecule is Cc1nc(CC(O)c2ccc3ccccc3c2)cs1. The molecule has 19 heavy (non-hydrogen) atoms. The molecule has 0 spiro atoms. The Bertz CT molecular complexity index is 705. The van der Waals surface area contributed by atoms with E-state index < -0.39 is 6.10 Å². The maximum absolute atomic E-state index is 10.3. The van der Waals surface area contributed by atoms with E-state index >= 15 is 0 Å². The van der Waals surface area contributed by atoms with E-state index in [9.17, 15) is 5.11 Å². The quantitative estimate of drug-likeness (QED) is 0.782. The summed E-state index contributed by atoms with van der Waals surface area (Å²) in [6.07, 6.45) is 0.0778. The molecular weight excluding hydrogens is 254 g/mol. The first-order valence-corrected chi connectivity index (χ1v) is 7.18. The zero-order chi connectivity index (χ0) is 13.2. The van der Waals surface area contributed by atoms with Crippen LogP contribution in [-0.2, 0) is 6.42 Å². The molecule has 0 fully saturated rings. The van der Waals surface area contributed by atoms with E-state index in [1.165, 1.54) is 5.39 Å². The summed E-state index contributed by atoms with van der Waals surface area (Å²) in [7, 11) is 0. The Morgan fingerprint density at radius 2 is 1.95 bits per heavy atom. The number of rotatable bonds is 3. The molecule has 0 bridgehead atoms. The van der Waals surface area contributed by atoms with Gasteiger partial charge in [0.1, 0.15) is 0 Å². The van der Waals surface area contributed by atoms with Gasteiger partial charge in [0.25, 0.3) is 0 Å². The molecule has 96 valence electrons. The Kier molecular flexibility index (Phi) is 3.32. The van der Waals surface area contributed by atoms with Crippen LogP contribution in [0.4, 0.5) is 0 Å². The van der Waals surface area contributed by atoms with Gasteiger partial charge in [0.2, 0.25) is 0 Å². The van der Waals surface area contributed by atoms with Crippen molar-refractivity contribution in [1.29, 1.82) is 0 Å². The number of benzene rings is 2. The molecular formula is C16H15NOS. The zero-order valence-corrected chi connectivity index (χ0v) is 11.5. The largest absolute Gasteiger partial charge is 0.388 e. The standard InChI is InChI=1S/C16H15NOS/c1-11-17-15(10-19-11)9-16(18)14-7-6-12-4-2-3-5-13(12)8-14/h2-8,10,16,18H,9H2,1H3. The highest BCUT2D eigenvalue weighted by atomic mass is 32.1. The molecule has 0 aliphatic carbocycles. The maximum atomic E-state index is 10.3. The summed E-state index contributed by atoms with van der Waals surface area (Å²) in [5.74, 6) is 0. The molecule has 1 aromatic heterocycles. The predicted octanol–water partition coefficient (Wildman–Crippen LogP) is 3.88. The molecule has 3 heteroatoms. The smallest absolute Gasteiger partial charge is 0.0897 e. The lowest BCUT2D eigenvalue weighted by Crippen LogP contribution is -2.02. The average molecular weight is 269 g/mol. The van der Waals surface area contributed by atoms with Crippen molar-refractivity contribution in [3.8, 4) is 0 Å². The monoisotopic (exact) mass is 269 g/mol. The zero-order valence-electron chi connectivity index (χ0n) is 10.7. The van der Waals surface area contributed by atoms with Gasteiger partial charge in [0, 0.05) is 11.8 Å². The third-order valence-electron chi connectivity index (χ3n) is 3.23. The Morgan fingerprint density at radius 1 is 1.16 bits per heavy atom. The predicted molar refractivity (Wildman–Crippen MR) is 79.5 cm³/mol. The fraction of sp³-hybridized carbons (Fsp3) is 0.188. The summed E-state index contributed by atoms with van der Waals surface area (Å²) in [6, 6.07) is 14.3. The first-order valence-electron chi connectivity index (χ1n) is 6.30. The molecule has 1 atom stereocenters. The fourth-order valence-electron chi connectivity index (χ4n) is 2.23. The molecule has 0 saturated heterocycles. The summed E-state index contributed by atoms with van der Waals surface area (Å²) in [6.45, 7) is 1.98. The molecule has 1 heterocycles. The minimum absolute atomic E-state index is 0.494. The number of aliphatic hydroxyl groups is 1. The highest BCUT2D eigenvalue weighted by molar-refractivity contribution is 7.09. The molecule has 0 aliphatic heterocycles. The third-order valence-corrected chi connectivity index (χ3v) is 4.05. The second-order valence-electron chi connectivity index (χ2n) is 4.68. The first-order chi connectivity index (χ1) is 9.22.